The molecular weight excluding hydrogens is 242 g/mol. The van der Waals surface area contributed by atoms with Crippen molar-refractivity contribution < 1.29 is 9.53 Å². The van der Waals surface area contributed by atoms with Gasteiger partial charge in [-0.1, -0.05) is 19.1 Å². The number of hydrogen-bond donors (Lipinski definition) is 2. The van der Waals surface area contributed by atoms with E-state index >= 15 is 0 Å². The van der Waals surface area contributed by atoms with Crippen LogP contribution in [0.2, 0.25) is 0 Å². The predicted octanol–water partition coefficient (Wildman–Crippen LogP) is 1.68. The standard InChI is InChI=1S/C14H17N3O2/c1-3-10-5-4-6-12(7-10)17-13(18)11-8-15-14(19-2)16-9-11/h4-9,14-15H,3H2,1-2H3,(H,17,18). The molecule has 0 fully saturated rings. The maximum Gasteiger partial charge on any atom is 0.258 e. The number of rotatable bonds is 4. The van der Waals surface area contributed by atoms with Crippen molar-refractivity contribution in [1.82, 2.24) is 5.32 Å². The minimum Gasteiger partial charge on any atom is -0.347 e. The predicted molar refractivity (Wildman–Crippen MR) is 75.0 cm³/mol. The van der Waals surface area contributed by atoms with Gasteiger partial charge in [0.15, 0.2) is 0 Å². The minimum absolute atomic E-state index is 0.195. The van der Waals surface area contributed by atoms with E-state index in [-0.39, 0.29) is 5.91 Å². The van der Waals surface area contributed by atoms with Crippen molar-refractivity contribution in [3.63, 3.8) is 0 Å². The molecule has 0 aromatic heterocycles. The van der Waals surface area contributed by atoms with E-state index in [9.17, 15) is 4.79 Å². The summed E-state index contributed by atoms with van der Waals surface area (Å²) in [5, 5.41) is 5.70. The van der Waals surface area contributed by atoms with Crippen LogP contribution in [0.25, 0.3) is 0 Å². The molecule has 5 nitrogen and oxygen atoms in total. The smallest absolute Gasteiger partial charge is 0.258 e. The normalized spacial score (nSPS) is 17.6. The molecule has 1 aliphatic heterocycles. The highest BCUT2D eigenvalue weighted by Crippen LogP contribution is 2.12. The van der Waals surface area contributed by atoms with E-state index in [0.29, 0.717) is 5.57 Å². The van der Waals surface area contributed by atoms with Crippen LogP contribution < -0.4 is 10.6 Å². The molecule has 1 aromatic carbocycles. The van der Waals surface area contributed by atoms with E-state index in [1.165, 1.54) is 11.8 Å². The Hall–Kier alpha value is -2.14. The van der Waals surface area contributed by atoms with E-state index in [4.69, 9.17) is 4.74 Å². The van der Waals surface area contributed by atoms with Gasteiger partial charge in [0.05, 0.1) is 5.57 Å². The van der Waals surface area contributed by atoms with E-state index < -0.39 is 6.35 Å². The fourth-order valence-electron chi connectivity index (χ4n) is 1.71. The Morgan fingerprint density at radius 3 is 3.00 bits per heavy atom. The van der Waals surface area contributed by atoms with Crippen molar-refractivity contribution in [2.45, 2.75) is 19.7 Å². The number of amides is 1. The van der Waals surface area contributed by atoms with Crippen LogP contribution in [0.5, 0.6) is 0 Å². The number of aliphatic imine (C=N–C) groups is 1. The Kier molecular flexibility index (Phi) is 4.30. The molecule has 1 atom stereocenters. The van der Waals surface area contributed by atoms with Crippen LogP contribution in [0.1, 0.15) is 12.5 Å². The van der Waals surface area contributed by atoms with Crippen LogP contribution in [-0.2, 0) is 16.0 Å². The topological polar surface area (TPSA) is 62.7 Å². The third kappa shape index (κ3) is 3.42. The number of carbonyl (C=O) groups excluding carboxylic acids is 1. The largest absolute Gasteiger partial charge is 0.347 e. The number of ether oxygens (including phenoxy) is 1. The molecule has 1 heterocycles. The molecule has 19 heavy (non-hydrogen) atoms. The number of aryl methyl sites for hydroxylation is 1. The molecule has 1 amide bonds. The molecule has 100 valence electrons. The first kappa shape index (κ1) is 13.3. The minimum atomic E-state index is -0.417. The summed E-state index contributed by atoms with van der Waals surface area (Å²) in [5.74, 6) is -0.195. The fraction of sp³-hybridized carbons (Fsp3) is 0.286. The lowest BCUT2D eigenvalue weighted by Crippen LogP contribution is -2.30. The molecule has 2 rings (SSSR count). The van der Waals surface area contributed by atoms with Crippen molar-refractivity contribution in [1.29, 1.82) is 0 Å². The SMILES string of the molecule is CCc1cccc(NC(=O)C2=CNC(OC)N=C2)c1. The zero-order chi connectivity index (χ0) is 13.7. The van der Waals surface area contributed by atoms with Gasteiger partial charge in [-0.25, -0.2) is 4.99 Å². The molecule has 1 unspecified atom stereocenters. The van der Waals surface area contributed by atoms with Crippen LogP contribution in [0.15, 0.2) is 41.0 Å². The maximum absolute atomic E-state index is 12.0. The van der Waals surface area contributed by atoms with Gasteiger partial charge in [0.1, 0.15) is 0 Å². The number of nitrogens with zero attached hydrogens (tertiary/aromatic N) is 1. The average Bonchev–Trinajstić information content (AvgIpc) is 2.47. The third-order valence-electron chi connectivity index (χ3n) is 2.81. The van der Waals surface area contributed by atoms with Gasteiger partial charge in [0.2, 0.25) is 6.35 Å². The Morgan fingerprint density at radius 2 is 2.37 bits per heavy atom. The maximum atomic E-state index is 12.0. The van der Waals surface area contributed by atoms with E-state index in [2.05, 4.69) is 22.5 Å². The Bertz CT molecular complexity index is 523. The molecule has 0 bridgehead atoms. The number of benzene rings is 1. The molecule has 0 saturated heterocycles. The summed E-state index contributed by atoms with van der Waals surface area (Å²) in [4.78, 5) is 16.0. The monoisotopic (exact) mass is 259 g/mol. The van der Waals surface area contributed by atoms with E-state index in [1.807, 2.05) is 24.3 Å². The average molecular weight is 259 g/mol. The van der Waals surface area contributed by atoms with Crippen molar-refractivity contribution >= 4 is 17.8 Å². The van der Waals surface area contributed by atoms with Crippen molar-refractivity contribution in [3.05, 3.63) is 41.6 Å². The van der Waals surface area contributed by atoms with Gasteiger partial charge in [-0.05, 0) is 24.1 Å². The molecule has 0 aliphatic carbocycles. The van der Waals surface area contributed by atoms with Crippen molar-refractivity contribution in [2.75, 3.05) is 12.4 Å². The molecular formula is C14H17N3O2. The first-order valence-corrected chi connectivity index (χ1v) is 6.15. The molecule has 0 saturated carbocycles. The van der Waals surface area contributed by atoms with Gasteiger partial charge >= 0.3 is 0 Å². The summed E-state index contributed by atoms with van der Waals surface area (Å²) in [6, 6.07) is 7.78. The highest BCUT2D eigenvalue weighted by atomic mass is 16.5. The van der Waals surface area contributed by atoms with Gasteiger partial charge in [-0.15, -0.1) is 0 Å². The lowest BCUT2D eigenvalue weighted by Gasteiger charge is -2.16. The summed E-state index contributed by atoms with van der Waals surface area (Å²) < 4.78 is 4.98. The number of nitrogens with one attached hydrogen (secondary N) is 2. The van der Waals surface area contributed by atoms with Crippen LogP contribution in [-0.4, -0.2) is 25.6 Å². The van der Waals surface area contributed by atoms with Crippen molar-refractivity contribution in [3.8, 4) is 0 Å². The van der Waals surface area contributed by atoms with Crippen LogP contribution in [0, 0.1) is 0 Å². The zero-order valence-corrected chi connectivity index (χ0v) is 11.0. The summed E-state index contributed by atoms with van der Waals surface area (Å²) >= 11 is 0. The van der Waals surface area contributed by atoms with Crippen LogP contribution in [0.4, 0.5) is 5.69 Å². The highest BCUT2D eigenvalue weighted by Gasteiger charge is 2.13. The molecule has 0 spiro atoms. The second kappa shape index (κ2) is 6.15. The Morgan fingerprint density at radius 1 is 1.53 bits per heavy atom. The van der Waals surface area contributed by atoms with E-state index in [0.717, 1.165) is 12.1 Å². The Labute approximate surface area is 112 Å². The summed E-state index contributed by atoms with van der Waals surface area (Å²) in [7, 11) is 1.55. The fourth-order valence-corrected chi connectivity index (χ4v) is 1.71. The third-order valence-corrected chi connectivity index (χ3v) is 2.81. The van der Waals surface area contributed by atoms with Gasteiger partial charge in [0.25, 0.3) is 5.91 Å². The van der Waals surface area contributed by atoms with Gasteiger partial charge in [0, 0.05) is 25.2 Å². The Balaban J connectivity index is 2.02. The second-order valence-corrected chi connectivity index (χ2v) is 4.14. The molecule has 1 aromatic rings. The lowest BCUT2D eigenvalue weighted by molar-refractivity contribution is -0.112. The molecule has 5 heteroatoms. The summed E-state index contributed by atoms with van der Waals surface area (Å²) in [5.41, 5.74) is 2.43. The van der Waals surface area contributed by atoms with Gasteiger partial charge < -0.3 is 15.4 Å². The van der Waals surface area contributed by atoms with Gasteiger partial charge in [-0.3, -0.25) is 4.79 Å². The molecule has 2 N–H and O–H groups in total. The van der Waals surface area contributed by atoms with Crippen LogP contribution in [0.3, 0.4) is 0 Å². The number of anilines is 1. The highest BCUT2D eigenvalue weighted by molar-refractivity contribution is 6.17. The first-order valence-electron chi connectivity index (χ1n) is 6.15. The summed E-state index contributed by atoms with van der Waals surface area (Å²) in [6.07, 6.45) is 3.62. The van der Waals surface area contributed by atoms with Gasteiger partial charge in [-0.2, -0.15) is 0 Å². The summed E-state index contributed by atoms with van der Waals surface area (Å²) in [6.45, 7) is 2.08. The molecule has 0 radical (unpaired) electrons. The quantitative estimate of drug-likeness (QED) is 0.864. The van der Waals surface area contributed by atoms with Crippen LogP contribution >= 0.6 is 0 Å². The van der Waals surface area contributed by atoms with Crippen molar-refractivity contribution in [2.24, 2.45) is 4.99 Å². The lowest BCUT2D eigenvalue weighted by atomic mass is 10.1. The number of carbonyl (C=O) groups is 1. The first-order chi connectivity index (χ1) is 9.22. The number of hydrogen-bond acceptors (Lipinski definition) is 4. The second-order valence-electron chi connectivity index (χ2n) is 4.14. The zero-order valence-electron chi connectivity index (χ0n) is 11.0. The van der Waals surface area contributed by atoms with E-state index in [1.54, 1.807) is 13.3 Å². The molecule has 1 aliphatic rings. The number of methoxy groups -OCH3 is 1.